The Hall–Kier alpha value is -2.35. The number of aromatic nitrogens is 2. The zero-order valence-electron chi connectivity index (χ0n) is 16.5. The lowest BCUT2D eigenvalue weighted by molar-refractivity contribution is -0.137. The molecule has 3 heterocycles. The van der Waals surface area contributed by atoms with Crippen LogP contribution in [0.2, 0.25) is 0 Å². The van der Waals surface area contributed by atoms with Crippen molar-refractivity contribution < 1.29 is 18.0 Å². The van der Waals surface area contributed by atoms with Crippen molar-refractivity contribution in [3.8, 4) is 0 Å². The third kappa shape index (κ3) is 4.03. The number of nitrogens with one attached hydrogen (secondary N) is 1. The molecule has 2 aliphatic rings. The van der Waals surface area contributed by atoms with Gasteiger partial charge in [-0.2, -0.15) is 18.3 Å². The summed E-state index contributed by atoms with van der Waals surface area (Å²) in [5, 5.41) is 7.55. The standard InChI is InChI=1S/C21H25F3N4O/c1-13-15(11-27(2)26-13)12-28-18-4-3-5-20(29)25-17(18)10-19(28)14-6-8-16(9-7-14)21(22,23)24/h6-9,11,17-19H,3-5,10,12H2,1-2H3,(H,25,29)/t17-,18+,19-/m0/s1. The molecule has 156 valence electrons. The number of hydrogen-bond donors (Lipinski definition) is 1. The molecule has 5 nitrogen and oxygen atoms in total. The molecule has 0 spiro atoms. The first-order valence-corrected chi connectivity index (χ1v) is 9.94. The summed E-state index contributed by atoms with van der Waals surface area (Å²) >= 11 is 0. The molecule has 1 amide bonds. The molecule has 2 saturated heterocycles. The maximum Gasteiger partial charge on any atom is 0.416 e. The second-order valence-electron chi connectivity index (χ2n) is 8.09. The first-order chi connectivity index (χ1) is 13.7. The number of halogens is 3. The fraction of sp³-hybridized carbons (Fsp3) is 0.524. The minimum atomic E-state index is -4.35. The van der Waals surface area contributed by atoms with Gasteiger partial charge >= 0.3 is 6.18 Å². The molecule has 8 heteroatoms. The monoisotopic (exact) mass is 406 g/mol. The van der Waals surface area contributed by atoms with Crippen molar-refractivity contribution in [2.75, 3.05) is 0 Å². The van der Waals surface area contributed by atoms with Crippen LogP contribution in [0.5, 0.6) is 0 Å². The Bertz CT molecular complexity index is 890. The van der Waals surface area contributed by atoms with Gasteiger partial charge in [-0.25, -0.2) is 0 Å². The van der Waals surface area contributed by atoms with Gasteiger partial charge < -0.3 is 5.32 Å². The molecule has 0 saturated carbocycles. The van der Waals surface area contributed by atoms with E-state index in [0.717, 1.165) is 41.8 Å². The Morgan fingerprint density at radius 1 is 1.24 bits per heavy atom. The normalized spacial score (nSPS) is 25.6. The first-order valence-electron chi connectivity index (χ1n) is 9.94. The van der Waals surface area contributed by atoms with Crippen LogP contribution in [0.1, 0.15) is 54.1 Å². The Kier molecular flexibility index (Phi) is 5.14. The van der Waals surface area contributed by atoms with Crippen LogP contribution in [0.15, 0.2) is 30.5 Å². The molecule has 2 aromatic rings. The summed E-state index contributed by atoms with van der Waals surface area (Å²) in [7, 11) is 1.88. The molecular weight excluding hydrogens is 381 g/mol. The lowest BCUT2D eigenvalue weighted by atomic mass is 10.0. The molecule has 1 aromatic heterocycles. The van der Waals surface area contributed by atoms with E-state index in [0.29, 0.717) is 19.4 Å². The summed E-state index contributed by atoms with van der Waals surface area (Å²) in [6.07, 6.45) is 0.566. The average Bonchev–Trinajstić information content (AvgIpc) is 3.07. The number of carbonyl (C=O) groups is 1. The SMILES string of the molecule is Cc1nn(C)cc1CN1[C@@H]2CCCC(=O)N[C@H]2C[C@H]1c1ccc(C(F)(F)F)cc1. The van der Waals surface area contributed by atoms with E-state index in [2.05, 4.69) is 15.3 Å². The maximum absolute atomic E-state index is 13.0. The number of benzene rings is 1. The van der Waals surface area contributed by atoms with Gasteiger partial charge in [0, 0.05) is 49.9 Å². The van der Waals surface area contributed by atoms with Crippen LogP contribution >= 0.6 is 0 Å². The zero-order valence-corrected chi connectivity index (χ0v) is 16.5. The van der Waals surface area contributed by atoms with Crippen LogP contribution in [0, 0.1) is 6.92 Å². The number of rotatable bonds is 3. The number of likely N-dealkylation sites (tertiary alicyclic amines) is 1. The number of nitrogens with zero attached hydrogens (tertiary/aromatic N) is 3. The second kappa shape index (κ2) is 7.48. The summed E-state index contributed by atoms with van der Waals surface area (Å²) in [6, 6.07) is 5.56. The van der Waals surface area contributed by atoms with Gasteiger partial charge in [-0.3, -0.25) is 14.4 Å². The molecular formula is C21H25F3N4O. The van der Waals surface area contributed by atoms with Gasteiger partial charge in [0.05, 0.1) is 11.3 Å². The summed E-state index contributed by atoms with van der Waals surface area (Å²) in [5.41, 5.74) is 2.25. The van der Waals surface area contributed by atoms with E-state index >= 15 is 0 Å². The quantitative estimate of drug-likeness (QED) is 0.845. The minimum absolute atomic E-state index is 0.00858. The molecule has 2 aliphatic heterocycles. The molecule has 0 radical (unpaired) electrons. The lowest BCUT2D eigenvalue weighted by Gasteiger charge is -2.31. The van der Waals surface area contributed by atoms with Gasteiger partial charge in [0.25, 0.3) is 0 Å². The molecule has 4 rings (SSSR count). The van der Waals surface area contributed by atoms with Crippen LogP contribution in [0.25, 0.3) is 0 Å². The predicted octanol–water partition coefficient (Wildman–Crippen LogP) is 3.73. The number of alkyl halides is 3. The lowest BCUT2D eigenvalue weighted by Crippen LogP contribution is -2.42. The van der Waals surface area contributed by atoms with Crippen LogP contribution in [-0.2, 0) is 24.6 Å². The first kappa shape index (κ1) is 19.9. The van der Waals surface area contributed by atoms with Crippen molar-refractivity contribution >= 4 is 5.91 Å². The average molecular weight is 406 g/mol. The van der Waals surface area contributed by atoms with E-state index in [1.54, 1.807) is 16.8 Å². The molecule has 0 bridgehead atoms. The highest BCUT2D eigenvalue weighted by molar-refractivity contribution is 5.76. The molecule has 29 heavy (non-hydrogen) atoms. The highest BCUT2D eigenvalue weighted by Crippen LogP contribution is 2.41. The summed E-state index contributed by atoms with van der Waals surface area (Å²) in [6.45, 7) is 2.62. The Labute approximate surface area is 167 Å². The van der Waals surface area contributed by atoms with Crippen molar-refractivity contribution in [2.45, 2.75) is 63.5 Å². The zero-order chi connectivity index (χ0) is 20.8. The van der Waals surface area contributed by atoms with E-state index in [-0.39, 0.29) is 24.0 Å². The summed E-state index contributed by atoms with van der Waals surface area (Å²) < 4.78 is 40.7. The van der Waals surface area contributed by atoms with Crippen molar-refractivity contribution in [1.82, 2.24) is 20.0 Å². The number of hydrogen-bond acceptors (Lipinski definition) is 3. The fourth-order valence-electron chi connectivity index (χ4n) is 4.72. The smallest absolute Gasteiger partial charge is 0.352 e. The molecule has 0 unspecified atom stereocenters. The van der Waals surface area contributed by atoms with Gasteiger partial charge in [-0.05, 0) is 43.9 Å². The maximum atomic E-state index is 13.0. The van der Waals surface area contributed by atoms with E-state index in [9.17, 15) is 18.0 Å². The molecule has 3 atom stereocenters. The molecule has 2 fully saturated rings. The molecule has 0 aliphatic carbocycles. The van der Waals surface area contributed by atoms with Crippen molar-refractivity contribution in [1.29, 1.82) is 0 Å². The highest BCUT2D eigenvalue weighted by atomic mass is 19.4. The largest absolute Gasteiger partial charge is 0.416 e. The number of amides is 1. The number of fused-ring (bicyclic) bond motifs is 1. The summed E-state index contributed by atoms with van der Waals surface area (Å²) in [5.74, 6) is 0.0584. The highest BCUT2D eigenvalue weighted by Gasteiger charge is 2.43. The van der Waals surface area contributed by atoms with Gasteiger partial charge in [0.2, 0.25) is 5.91 Å². The minimum Gasteiger partial charge on any atom is -0.352 e. The van der Waals surface area contributed by atoms with Gasteiger partial charge in [0.1, 0.15) is 0 Å². The summed E-state index contributed by atoms with van der Waals surface area (Å²) in [4.78, 5) is 14.4. The molecule has 1 N–H and O–H groups in total. The Morgan fingerprint density at radius 3 is 2.59 bits per heavy atom. The van der Waals surface area contributed by atoms with E-state index < -0.39 is 11.7 Å². The van der Waals surface area contributed by atoms with E-state index in [4.69, 9.17) is 0 Å². The van der Waals surface area contributed by atoms with Crippen LogP contribution < -0.4 is 5.32 Å². The van der Waals surface area contributed by atoms with Gasteiger partial charge in [-0.1, -0.05) is 12.1 Å². The van der Waals surface area contributed by atoms with Gasteiger partial charge in [-0.15, -0.1) is 0 Å². The number of aryl methyl sites for hydroxylation is 2. The van der Waals surface area contributed by atoms with Gasteiger partial charge in [0.15, 0.2) is 0 Å². The Balaban J connectivity index is 1.66. The van der Waals surface area contributed by atoms with E-state index in [1.165, 1.54) is 0 Å². The van der Waals surface area contributed by atoms with Crippen LogP contribution in [0.3, 0.4) is 0 Å². The van der Waals surface area contributed by atoms with Crippen molar-refractivity contribution in [3.05, 3.63) is 52.8 Å². The number of carbonyl (C=O) groups excluding carboxylic acids is 1. The topological polar surface area (TPSA) is 50.2 Å². The fourth-order valence-corrected chi connectivity index (χ4v) is 4.72. The molecule has 1 aromatic carbocycles. The van der Waals surface area contributed by atoms with Crippen LogP contribution in [0.4, 0.5) is 13.2 Å². The van der Waals surface area contributed by atoms with Crippen LogP contribution in [-0.4, -0.2) is 32.7 Å². The van der Waals surface area contributed by atoms with E-state index in [1.807, 2.05) is 20.2 Å². The third-order valence-corrected chi connectivity index (χ3v) is 6.11. The van der Waals surface area contributed by atoms with Crippen molar-refractivity contribution in [2.24, 2.45) is 7.05 Å². The predicted molar refractivity (Wildman–Crippen MR) is 102 cm³/mol. The third-order valence-electron chi connectivity index (χ3n) is 6.11. The Morgan fingerprint density at radius 2 is 1.97 bits per heavy atom. The second-order valence-corrected chi connectivity index (χ2v) is 8.09. The van der Waals surface area contributed by atoms with Crippen molar-refractivity contribution in [3.63, 3.8) is 0 Å².